The molecule has 13 nitrogen and oxygen atoms in total. The Hall–Kier alpha value is -3.74. The molecule has 0 spiro atoms. The maximum Gasteiger partial charge on any atom is 0.530 e. The lowest BCUT2D eigenvalue weighted by molar-refractivity contribution is -0.0518. The fourth-order valence-corrected chi connectivity index (χ4v) is 5.27. The third-order valence-electron chi connectivity index (χ3n) is 6.03. The second-order valence-electron chi connectivity index (χ2n) is 8.69. The SMILES string of the molecule is CC[C@H]1O[C@@H](n2ccc(=O)[nH]c2=O)C(OC(=O)c2ccccc2)C1OP(=O)(OC)Oc1ccc(COC(=O)Cl)cc1. The molecule has 1 fully saturated rings. The zero-order chi connectivity index (χ0) is 29.6. The minimum absolute atomic E-state index is 0.0847. The third-order valence-corrected chi connectivity index (χ3v) is 7.53. The van der Waals surface area contributed by atoms with Gasteiger partial charge < -0.3 is 18.7 Å². The molecule has 4 rings (SSSR count). The number of H-pyrrole nitrogens is 1. The van der Waals surface area contributed by atoms with E-state index in [2.05, 4.69) is 4.98 Å². The molecule has 218 valence electrons. The van der Waals surface area contributed by atoms with Gasteiger partial charge >= 0.3 is 24.9 Å². The van der Waals surface area contributed by atoms with Gasteiger partial charge in [0.25, 0.3) is 5.56 Å². The highest BCUT2D eigenvalue weighted by Gasteiger charge is 2.52. The normalized spacial score (nSPS) is 21.5. The Bertz CT molecular complexity index is 1530. The minimum Gasteiger partial charge on any atom is -0.451 e. The summed E-state index contributed by atoms with van der Waals surface area (Å²) in [6, 6.07) is 15.2. The van der Waals surface area contributed by atoms with Gasteiger partial charge in [0.1, 0.15) is 18.5 Å². The number of carbonyl (C=O) groups excluding carboxylic acids is 2. The molecule has 1 saturated heterocycles. The Kier molecular flexibility index (Phi) is 9.79. The van der Waals surface area contributed by atoms with Crippen LogP contribution in [0.25, 0.3) is 0 Å². The predicted molar refractivity (Wildman–Crippen MR) is 144 cm³/mol. The van der Waals surface area contributed by atoms with E-state index in [0.29, 0.717) is 5.56 Å². The molecule has 5 atom stereocenters. The first-order chi connectivity index (χ1) is 19.6. The van der Waals surface area contributed by atoms with Crippen LogP contribution in [-0.4, -0.2) is 46.4 Å². The Morgan fingerprint density at radius 1 is 1.05 bits per heavy atom. The van der Waals surface area contributed by atoms with Crippen LogP contribution in [0.1, 0.15) is 35.5 Å². The molecule has 0 saturated carbocycles. The molecule has 0 bridgehead atoms. The van der Waals surface area contributed by atoms with Crippen molar-refractivity contribution in [3.8, 4) is 5.75 Å². The summed E-state index contributed by atoms with van der Waals surface area (Å²) >= 11 is 5.18. The summed E-state index contributed by atoms with van der Waals surface area (Å²) in [5, 5.41) is 0. The van der Waals surface area contributed by atoms with Gasteiger partial charge in [-0.05, 0) is 36.2 Å². The van der Waals surface area contributed by atoms with E-state index in [1.807, 2.05) is 0 Å². The van der Waals surface area contributed by atoms with Crippen LogP contribution in [0.4, 0.5) is 4.79 Å². The van der Waals surface area contributed by atoms with Crippen molar-refractivity contribution in [2.45, 2.75) is 44.5 Å². The van der Waals surface area contributed by atoms with E-state index in [4.69, 9.17) is 39.4 Å². The second-order valence-corrected chi connectivity index (χ2v) is 10.6. The number of nitrogens with one attached hydrogen (secondary N) is 1. The van der Waals surface area contributed by atoms with Gasteiger partial charge in [0.15, 0.2) is 12.3 Å². The Labute approximate surface area is 238 Å². The summed E-state index contributed by atoms with van der Waals surface area (Å²) in [6.45, 7) is 1.67. The largest absolute Gasteiger partial charge is 0.530 e. The summed E-state index contributed by atoms with van der Waals surface area (Å²) in [4.78, 5) is 50.3. The number of halogens is 1. The highest BCUT2D eigenvalue weighted by Crippen LogP contribution is 2.53. The first-order valence-corrected chi connectivity index (χ1v) is 14.1. The minimum atomic E-state index is -4.38. The molecular weight excluding hydrogens is 583 g/mol. The van der Waals surface area contributed by atoms with Crippen LogP contribution in [-0.2, 0) is 34.4 Å². The Morgan fingerprint density at radius 2 is 1.76 bits per heavy atom. The van der Waals surface area contributed by atoms with Crippen molar-refractivity contribution in [3.63, 3.8) is 0 Å². The molecule has 0 aliphatic carbocycles. The summed E-state index contributed by atoms with van der Waals surface area (Å²) < 4.78 is 47.8. The number of carbonyl (C=O) groups is 2. The lowest BCUT2D eigenvalue weighted by Gasteiger charge is -2.27. The number of aromatic nitrogens is 2. The summed E-state index contributed by atoms with van der Waals surface area (Å²) in [5.74, 6) is -0.664. The van der Waals surface area contributed by atoms with Gasteiger partial charge in [-0.1, -0.05) is 37.3 Å². The highest BCUT2D eigenvalue weighted by atomic mass is 35.5. The fraction of sp³-hybridized carbons (Fsp3) is 0.308. The maximum atomic E-state index is 13.7. The predicted octanol–water partition coefficient (Wildman–Crippen LogP) is 4.16. The molecule has 41 heavy (non-hydrogen) atoms. The first kappa shape index (κ1) is 30.2. The number of rotatable bonds is 11. The van der Waals surface area contributed by atoms with Gasteiger partial charge in [-0.3, -0.25) is 23.4 Å². The molecule has 3 aromatic rings. The number of esters is 1. The van der Waals surface area contributed by atoms with Crippen molar-refractivity contribution in [3.05, 3.63) is 98.8 Å². The summed E-state index contributed by atoms with van der Waals surface area (Å²) in [6.07, 6.45) is -3.17. The second kappa shape index (κ2) is 13.3. The van der Waals surface area contributed by atoms with Crippen molar-refractivity contribution in [1.82, 2.24) is 9.55 Å². The van der Waals surface area contributed by atoms with E-state index in [0.717, 1.165) is 17.7 Å². The monoisotopic (exact) mass is 608 g/mol. The number of hydrogen-bond donors (Lipinski definition) is 1. The Morgan fingerprint density at radius 3 is 2.37 bits per heavy atom. The number of aromatic amines is 1. The number of nitrogens with zero attached hydrogens (tertiary/aromatic N) is 1. The standard InChI is InChI=1S/C26H26ClN2O11P/c1-3-19-21(40-41(34,35-2)39-18-11-9-16(10-12-18)15-36-25(27)32)22(38-24(31)17-7-5-4-6-8-17)23(37-19)29-14-13-20(30)28-26(29)33/h4-14,19,21-23H,3,15H2,1-2H3,(H,28,30,33)/t19-,21?,22?,23-,41?/m1/s1. The first-order valence-electron chi connectivity index (χ1n) is 12.3. The van der Waals surface area contributed by atoms with Crippen LogP contribution in [0.15, 0.2) is 76.4 Å². The van der Waals surface area contributed by atoms with Crippen molar-refractivity contribution in [1.29, 1.82) is 0 Å². The van der Waals surface area contributed by atoms with Crippen LogP contribution in [0.2, 0.25) is 0 Å². The van der Waals surface area contributed by atoms with E-state index in [9.17, 15) is 23.7 Å². The van der Waals surface area contributed by atoms with Crippen molar-refractivity contribution in [2.24, 2.45) is 0 Å². The molecule has 1 N–H and O–H groups in total. The number of hydrogen-bond acceptors (Lipinski definition) is 11. The molecule has 0 radical (unpaired) electrons. The fourth-order valence-electron chi connectivity index (χ4n) is 4.07. The van der Waals surface area contributed by atoms with Crippen molar-refractivity contribution < 1.29 is 41.9 Å². The quantitative estimate of drug-likeness (QED) is 0.189. The van der Waals surface area contributed by atoms with Gasteiger partial charge in [0.05, 0.1) is 11.7 Å². The molecule has 3 unspecified atom stereocenters. The molecule has 15 heteroatoms. The summed E-state index contributed by atoms with van der Waals surface area (Å²) in [5.41, 5.74) is -1.62. The van der Waals surface area contributed by atoms with Crippen LogP contribution in [0, 0.1) is 0 Å². The van der Waals surface area contributed by atoms with Crippen LogP contribution >= 0.6 is 19.4 Å². The number of ether oxygens (including phenoxy) is 3. The van der Waals surface area contributed by atoms with Gasteiger partial charge in [-0.15, -0.1) is 0 Å². The number of benzene rings is 2. The van der Waals surface area contributed by atoms with Crippen LogP contribution in [0.3, 0.4) is 0 Å². The molecule has 1 aliphatic rings. The molecule has 0 amide bonds. The lowest BCUT2D eigenvalue weighted by atomic mass is 10.1. The maximum absolute atomic E-state index is 13.7. The van der Waals surface area contributed by atoms with E-state index in [1.54, 1.807) is 37.3 Å². The smallest absolute Gasteiger partial charge is 0.451 e. The van der Waals surface area contributed by atoms with Gasteiger partial charge in [-0.2, -0.15) is 0 Å². The van der Waals surface area contributed by atoms with E-state index >= 15 is 0 Å². The van der Waals surface area contributed by atoms with Crippen LogP contribution in [0.5, 0.6) is 5.75 Å². The van der Waals surface area contributed by atoms with E-state index in [1.165, 1.54) is 30.5 Å². The average molecular weight is 609 g/mol. The van der Waals surface area contributed by atoms with Crippen LogP contribution < -0.4 is 15.8 Å². The topological polar surface area (TPSA) is 161 Å². The zero-order valence-corrected chi connectivity index (χ0v) is 23.5. The van der Waals surface area contributed by atoms with E-state index in [-0.39, 0.29) is 24.3 Å². The molecular formula is C26H26ClN2O11P. The Balaban J connectivity index is 1.63. The summed E-state index contributed by atoms with van der Waals surface area (Å²) in [7, 11) is -3.27. The van der Waals surface area contributed by atoms with Crippen molar-refractivity contribution >= 4 is 30.8 Å². The molecule has 1 aliphatic heterocycles. The molecule has 2 aromatic carbocycles. The highest BCUT2D eigenvalue weighted by molar-refractivity contribution is 7.48. The van der Waals surface area contributed by atoms with Crippen molar-refractivity contribution in [2.75, 3.05) is 7.11 Å². The van der Waals surface area contributed by atoms with Gasteiger partial charge in [0.2, 0.25) is 0 Å². The lowest BCUT2D eigenvalue weighted by Crippen LogP contribution is -2.41. The molecule has 1 aromatic heterocycles. The van der Waals surface area contributed by atoms with Gasteiger partial charge in [0, 0.05) is 31.0 Å². The molecule has 2 heterocycles. The number of phosphoric ester groups is 1. The zero-order valence-electron chi connectivity index (χ0n) is 21.8. The third kappa shape index (κ3) is 7.51. The van der Waals surface area contributed by atoms with Gasteiger partial charge in [-0.25, -0.2) is 18.9 Å². The number of phosphoric acid groups is 1. The van der Waals surface area contributed by atoms with E-state index < -0.39 is 55.0 Å². The average Bonchev–Trinajstić information content (AvgIpc) is 3.29.